The molecule has 3 aromatic rings. The fourth-order valence-electron chi connectivity index (χ4n) is 3.31. The predicted octanol–water partition coefficient (Wildman–Crippen LogP) is 6.54. The first-order valence-electron chi connectivity index (χ1n) is 8.83. The number of rotatable bonds is 4. The van der Waals surface area contributed by atoms with E-state index in [4.69, 9.17) is 4.99 Å². The Morgan fingerprint density at radius 2 is 1.36 bits per heavy atom. The summed E-state index contributed by atoms with van der Waals surface area (Å²) in [7, 11) is 0. The molecular formula is C24H25N. The maximum absolute atomic E-state index is 4.94. The molecule has 1 unspecified atom stereocenters. The zero-order valence-corrected chi connectivity index (χ0v) is 15.5. The van der Waals surface area contributed by atoms with Crippen LogP contribution in [0.25, 0.3) is 11.1 Å². The summed E-state index contributed by atoms with van der Waals surface area (Å²) in [6.45, 7) is 8.67. The van der Waals surface area contributed by atoms with Gasteiger partial charge in [-0.25, -0.2) is 0 Å². The third kappa shape index (κ3) is 3.71. The number of hydrogen-bond donors (Lipinski definition) is 0. The summed E-state index contributed by atoms with van der Waals surface area (Å²) < 4.78 is 0. The fraction of sp³-hybridized carbons (Fsp3) is 0.208. The Balaban J connectivity index is 1.95. The van der Waals surface area contributed by atoms with Gasteiger partial charge >= 0.3 is 0 Å². The van der Waals surface area contributed by atoms with Crippen LogP contribution in [0.4, 0.5) is 0 Å². The summed E-state index contributed by atoms with van der Waals surface area (Å²) >= 11 is 0. The third-order valence-corrected chi connectivity index (χ3v) is 4.93. The van der Waals surface area contributed by atoms with Crippen molar-refractivity contribution in [2.45, 2.75) is 33.7 Å². The summed E-state index contributed by atoms with van der Waals surface area (Å²) in [5, 5.41) is 0. The Morgan fingerprint density at radius 3 is 2.00 bits per heavy atom. The first kappa shape index (κ1) is 17.2. The SMILES string of the molecule is CC(=NC(C)c1ccccc1)c1ccc(-c2ccccc2)c(C)c1C. The van der Waals surface area contributed by atoms with Gasteiger partial charge in [0.2, 0.25) is 0 Å². The van der Waals surface area contributed by atoms with E-state index < -0.39 is 0 Å². The van der Waals surface area contributed by atoms with Gasteiger partial charge in [0, 0.05) is 5.71 Å². The van der Waals surface area contributed by atoms with Crippen molar-refractivity contribution in [3.05, 3.63) is 95.1 Å². The maximum atomic E-state index is 4.94. The normalized spacial score (nSPS) is 12.9. The Kier molecular flexibility index (Phi) is 5.14. The van der Waals surface area contributed by atoms with E-state index in [0.717, 1.165) is 5.71 Å². The molecule has 0 spiro atoms. The van der Waals surface area contributed by atoms with Crippen LogP contribution in [-0.4, -0.2) is 5.71 Å². The zero-order chi connectivity index (χ0) is 17.8. The first-order chi connectivity index (χ1) is 12.1. The highest BCUT2D eigenvalue weighted by Gasteiger charge is 2.11. The van der Waals surface area contributed by atoms with Crippen molar-refractivity contribution < 1.29 is 0 Å². The maximum Gasteiger partial charge on any atom is 0.0724 e. The second kappa shape index (κ2) is 7.48. The molecule has 0 heterocycles. The molecule has 3 rings (SSSR count). The van der Waals surface area contributed by atoms with Crippen molar-refractivity contribution in [1.82, 2.24) is 0 Å². The Morgan fingerprint density at radius 1 is 0.760 bits per heavy atom. The highest BCUT2D eigenvalue weighted by molar-refractivity contribution is 6.01. The number of aliphatic imine (C=N–C) groups is 1. The molecule has 0 aromatic heterocycles. The van der Waals surface area contributed by atoms with Gasteiger partial charge in [0.15, 0.2) is 0 Å². The molecule has 0 aliphatic rings. The van der Waals surface area contributed by atoms with Gasteiger partial charge in [0.05, 0.1) is 6.04 Å². The van der Waals surface area contributed by atoms with E-state index >= 15 is 0 Å². The molecule has 3 aromatic carbocycles. The van der Waals surface area contributed by atoms with Crippen molar-refractivity contribution >= 4 is 5.71 Å². The third-order valence-electron chi connectivity index (χ3n) is 4.93. The Labute approximate surface area is 151 Å². The van der Waals surface area contributed by atoms with Crippen LogP contribution in [0.15, 0.2) is 77.8 Å². The quantitative estimate of drug-likeness (QED) is 0.482. The largest absolute Gasteiger partial charge is 0.282 e. The topological polar surface area (TPSA) is 12.4 Å². The summed E-state index contributed by atoms with van der Waals surface area (Å²) in [4.78, 5) is 4.94. The van der Waals surface area contributed by atoms with Gasteiger partial charge in [-0.15, -0.1) is 0 Å². The minimum absolute atomic E-state index is 0.162. The van der Waals surface area contributed by atoms with Gasteiger partial charge in [-0.2, -0.15) is 0 Å². The average molecular weight is 327 g/mol. The van der Waals surface area contributed by atoms with Crippen molar-refractivity contribution in [1.29, 1.82) is 0 Å². The molecular weight excluding hydrogens is 302 g/mol. The zero-order valence-electron chi connectivity index (χ0n) is 15.5. The molecule has 1 atom stereocenters. The van der Waals surface area contributed by atoms with Gasteiger partial charge in [-0.05, 0) is 61.1 Å². The number of hydrogen-bond acceptors (Lipinski definition) is 1. The molecule has 0 amide bonds. The summed E-state index contributed by atoms with van der Waals surface area (Å²) in [6, 6.07) is 25.6. The van der Waals surface area contributed by atoms with Gasteiger partial charge in [-0.1, -0.05) is 72.8 Å². The smallest absolute Gasteiger partial charge is 0.0724 e. The van der Waals surface area contributed by atoms with E-state index in [1.165, 1.54) is 33.4 Å². The number of nitrogens with zero attached hydrogens (tertiary/aromatic N) is 1. The second-order valence-electron chi connectivity index (χ2n) is 6.58. The van der Waals surface area contributed by atoms with Gasteiger partial charge in [0.1, 0.15) is 0 Å². The molecule has 0 bridgehead atoms. The van der Waals surface area contributed by atoms with Crippen LogP contribution in [0.5, 0.6) is 0 Å². The number of benzene rings is 3. The molecule has 25 heavy (non-hydrogen) atoms. The van der Waals surface area contributed by atoms with Crippen molar-refractivity contribution in [2.24, 2.45) is 4.99 Å². The second-order valence-corrected chi connectivity index (χ2v) is 6.58. The van der Waals surface area contributed by atoms with E-state index in [1.807, 2.05) is 6.07 Å². The summed E-state index contributed by atoms with van der Waals surface area (Å²) in [6.07, 6.45) is 0. The van der Waals surface area contributed by atoms with Crippen LogP contribution in [0.3, 0.4) is 0 Å². The predicted molar refractivity (Wildman–Crippen MR) is 108 cm³/mol. The Hall–Kier alpha value is -2.67. The highest BCUT2D eigenvalue weighted by atomic mass is 14.8. The minimum atomic E-state index is 0.162. The van der Waals surface area contributed by atoms with Crippen LogP contribution in [0.1, 0.15) is 42.1 Å². The lowest BCUT2D eigenvalue weighted by molar-refractivity contribution is 0.819. The molecule has 0 N–H and O–H groups in total. The van der Waals surface area contributed by atoms with E-state index in [9.17, 15) is 0 Å². The molecule has 0 fully saturated rings. The molecule has 0 aliphatic carbocycles. The lowest BCUT2D eigenvalue weighted by Gasteiger charge is -2.15. The monoisotopic (exact) mass is 327 g/mol. The lowest BCUT2D eigenvalue weighted by Crippen LogP contribution is -2.03. The van der Waals surface area contributed by atoms with E-state index in [1.54, 1.807) is 0 Å². The van der Waals surface area contributed by atoms with Gasteiger partial charge in [0.25, 0.3) is 0 Å². The minimum Gasteiger partial charge on any atom is -0.282 e. The molecule has 0 saturated carbocycles. The van der Waals surface area contributed by atoms with Crippen LogP contribution >= 0.6 is 0 Å². The molecule has 0 radical (unpaired) electrons. The summed E-state index contributed by atoms with van der Waals surface area (Å²) in [5.41, 5.74) is 8.77. The summed E-state index contributed by atoms with van der Waals surface area (Å²) in [5.74, 6) is 0. The fourth-order valence-corrected chi connectivity index (χ4v) is 3.31. The standard InChI is InChI=1S/C24H25N/c1-17-18(2)24(22-13-9-6-10-14-22)16-15-23(17)20(4)25-19(3)21-11-7-5-8-12-21/h5-16,19H,1-4H3. The molecule has 0 saturated heterocycles. The highest BCUT2D eigenvalue weighted by Crippen LogP contribution is 2.28. The first-order valence-corrected chi connectivity index (χ1v) is 8.83. The average Bonchev–Trinajstić information content (AvgIpc) is 2.65. The van der Waals surface area contributed by atoms with Crippen LogP contribution < -0.4 is 0 Å². The van der Waals surface area contributed by atoms with Crippen LogP contribution in [0.2, 0.25) is 0 Å². The molecule has 1 nitrogen and oxygen atoms in total. The van der Waals surface area contributed by atoms with Gasteiger partial charge in [-0.3, -0.25) is 4.99 Å². The van der Waals surface area contributed by atoms with Crippen molar-refractivity contribution in [2.75, 3.05) is 0 Å². The van der Waals surface area contributed by atoms with E-state index in [0.29, 0.717) is 0 Å². The van der Waals surface area contributed by atoms with E-state index in [-0.39, 0.29) is 6.04 Å². The van der Waals surface area contributed by atoms with Crippen molar-refractivity contribution in [3.8, 4) is 11.1 Å². The Bertz CT molecular complexity index is 877. The molecule has 126 valence electrons. The van der Waals surface area contributed by atoms with Gasteiger partial charge < -0.3 is 0 Å². The van der Waals surface area contributed by atoms with E-state index in [2.05, 4.69) is 94.4 Å². The lowest BCUT2D eigenvalue weighted by atomic mass is 9.92. The molecule has 0 aliphatic heterocycles. The van der Waals surface area contributed by atoms with Crippen LogP contribution in [-0.2, 0) is 0 Å². The van der Waals surface area contributed by atoms with Crippen LogP contribution in [0, 0.1) is 13.8 Å². The van der Waals surface area contributed by atoms with Crippen molar-refractivity contribution in [3.63, 3.8) is 0 Å². The molecule has 1 heteroatoms.